The summed E-state index contributed by atoms with van der Waals surface area (Å²) in [6.45, 7) is 0.351. The maximum atomic E-state index is 12.0. The van der Waals surface area contributed by atoms with Gasteiger partial charge in [-0.25, -0.2) is 4.79 Å². The molecule has 4 nitrogen and oxygen atoms in total. The molecule has 0 fully saturated rings. The van der Waals surface area contributed by atoms with Crippen LogP contribution in [-0.4, -0.2) is 12.8 Å². The second kappa shape index (κ2) is 5.43. The Morgan fingerprint density at radius 3 is 2.85 bits per heavy atom. The number of halogens is 1. The average molecular weight is 291 g/mol. The summed E-state index contributed by atoms with van der Waals surface area (Å²) in [5, 5.41) is 0.613. The molecule has 2 aromatic carbocycles. The van der Waals surface area contributed by atoms with E-state index < -0.39 is 5.97 Å². The summed E-state index contributed by atoms with van der Waals surface area (Å²) < 4.78 is 15.6. The van der Waals surface area contributed by atoms with Crippen molar-refractivity contribution in [2.45, 2.75) is 6.61 Å². The van der Waals surface area contributed by atoms with Crippen LogP contribution in [0.15, 0.2) is 42.5 Å². The summed E-state index contributed by atoms with van der Waals surface area (Å²) in [7, 11) is 0. The number of esters is 1. The molecule has 0 amide bonds. The highest BCUT2D eigenvalue weighted by molar-refractivity contribution is 6.30. The predicted molar refractivity (Wildman–Crippen MR) is 73.1 cm³/mol. The van der Waals surface area contributed by atoms with Crippen LogP contribution in [0, 0.1) is 0 Å². The third-order valence-electron chi connectivity index (χ3n) is 2.87. The third-order valence-corrected chi connectivity index (χ3v) is 3.10. The maximum Gasteiger partial charge on any atom is 0.338 e. The number of hydrogen-bond donors (Lipinski definition) is 0. The van der Waals surface area contributed by atoms with Gasteiger partial charge in [-0.15, -0.1) is 0 Å². The average Bonchev–Trinajstić information content (AvgIpc) is 2.92. The second-order valence-electron chi connectivity index (χ2n) is 4.27. The highest BCUT2D eigenvalue weighted by Gasteiger charge is 2.16. The summed E-state index contributed by atoms with van der Waals surface area (Å²) in [4.78, 5) is 12.0. The molecule has 1 heterocycles. The van der Waals surface area contributed by atoms with Crippen LogP contribution in [0.4, 0.5) is 0 Å². The lowest BCUT2D eigenvalue weighted by atomic mass is 10.2. The molecule has 0 radical (unpaired) electrons. The molecule has 0 aliphatic carbocycles. The number of hydrogen-bond acceptors (Lipinski definition) is 4. The Balaban J connectivity index is 1.67. The molecule has 0 unspecified atom stereocenters. The van der Waals surface area contributed by atoms with E-state index in [0.717, 1.165) is 5.56 Å². The number of ether oxygens (including phenoxy) is 3. The van der Waals surface area contributed by atoms with Crippen LogP contribution < -0.4 is 9.47 Å². The molecule has 0 saturated heterocycles. The van der Waals surface area contributed by atoms with Gasteiger partial charge in [-0.05, 0) is 35.9 Å². The number of fused-ring (bicyclic) bond motifs is 1. The van der Waals surface area contributed by atoms with Gasteiger partial charge >= 0.3 is 5.97 Å². The van der Waals surface area contributed by atoms with E-state index in [1.54, 1.807) is 30.3 Å². The molecule has 0 N–H and O–H groups in total. The van der Waals surface area contributed by atoms with Crippen molar-refractivity contribution in [3.8, 4) is 11.5 Å². The van der Waals surface area contributed by atoms with Gasteiger partial charge < -0.3 is 14.2 Å². The topological polar surface area (TPSA) is 44.8 Å². The van der Waals surface area contributed by atoms with Crippen molar-refractivity contribution >= 4 is 17.6 Å². The number of carbonyl (C=O) groups excluding carboxylic acids is 1. The van der Waals surface area contributed by atoms with Gasteiger partial charge in [-0.1, -0.05) is 23.7 Å². The molecule has 0 aromatic heterocycles. The molecular formula is C15H11ClO4. The first-order chi connectivity index (χ1) is 9.72. The lowest BCUT2D eigenvalue weighted by molar-refractivity contribution is 0.0472. The van der Waals surface area contributed by atoms with Crippen LogP contribution in [0.3, 0.4) is 0 Å². The van der Waals surface area contributed by atoms with E-state index in [4.69, 9.17) is 25.8 Å². The zero-order valence-corrected chi connectivity index (χ0v) is 11.2. The zero-order valence-electron chi connectivity index (χ0n) is 10.5. The Hall–Kier alpha value is -2.20. The van der Waals surface area contributed by atoms with Crippen LogP contribution in [0.2, 0.25) is 5.02 Å². The van der Waals surface area contributed by atoms with Gasteiger partial charge in [0.2, 0.25) is 6.79 Å². The molecule has 102 valence electrons. The van der Waals surface area contributed by atoms with Gasteiger partial charge in [0.25, 0.3) is 0 Å². The highest BCUT2D eigenvalue weighted by Crippen LogP contribution is 2.32. The predicted octanol–water partition coefficient (Wildman–Crippen LogP) is 3.43. The van der Waals surface area contributed by atoms with Crippen LogP contribution in [0.5, 0.6) is 11.5 Å². The van der Waals surface area contributed by atoms with Crippen molar-refractivity contribution in [3.05, 3.63) is 58.6 Å². The van der Waals surface area contributed by atoms with Crippen LogP contribution in [0.25, 0.3) is 0 Å². The summed E-state index contributed by atoms with van der Waals surface area (Å²) in [6.07, 6.45) is 0. The summed E-state index contributed by atoms with van der Waals surface area (Å²) >= 11 is 5.87. The van der Waals surface area contributed by atoms with Crippen LogP contribution >= 0.6 is 11.6 Å². The molecule has 2 aromatic rings. The Labute approximate surface area is 120 Å². The minimum atomic E-state index is -0.414. The molecular weight excluding hydrogens is 280 g/mol. The summed E-state index contributed by atoms with van der Waals surface area (Å²) in [5.41, 5.74) is 1.27. The first-order valence-electron chi connectivity index (χ1n) is 6.03. The van der Waals surface area contributed by atoms with Gasteiger partial charge in [-0.2, -0.15) is 0 Å². The van der Waals surface area contributed by atoms with E-state index in [1.807, 2.05) is 12.1 Å². The van der Waals surface area contributed by atoms with Crippen molar-refractivity contribution < 1.29 is 19.0 Å². The van der Waals surface area contributed by atoms with Crippen molar-refractivity contribution in [2.24, 2.45) is 0 Å². The molecule has 3 rings (SSSR count). The first-order valence-corrected chi connectivity index (χ1v) is 6.41. The summed E-state index contributed by atoms with van der Waals surface area (Å²) in [6, 6.07) is 12.1. The van der Waals surface area contributed by atoms with Gasteiger partial charge in [0.15, 0.2) is 11.5 Å². The highest BCUT2D eigenvalue weighted by atomic mass is 35.5. The van der Waals surface area contributed by atoms with Gasteiger partial charge in [0.1, 0.15) is 6.61 Å². The largest absolute Gasteiger partial charge is 0.457 e. The monoisotopic (exact) mass is 290 g/mol. The fourth-order valence-electron chi connectivity index (χ4n) is 1.88. The van der Waals surface area contributed by atoms with Crippen molar-refractivity contribution in [3.63, 3.8) is 0 Å². The quantitative estimate of drug-likeness (QED) is 0.813. The van der Waals surface area contributed by atoms with Gasteiger partial charge in [0, 0.05) is 5.02 Å². The fraction of sp³-hybridized carbons (Fsp3) is 0.133. The normalized spacial score (nSPS) is 12.2. The van der Waals surface area contributed by atoms with Crippen molar-refractivity contribution in [1.29, 1.82) is 0 Å². The number of benzene rings is 2. The fourth-order valence-corrected chi connectivity index (χ4v) is 2.10. The zero-order chi connectivity index (χ0) is 13.9. The molecule has 0 atom stereocenters. The minimum Gasteiger partial charge on any atom is -0.457 e. The lowest BCUT2D eigenvalue weighted by Gasteiger charge is -2.06. The third kappa shape index (κ3) is 2.70. The molecule has 0 spiro atoms. The van der Waals surface area contributed by atoms with Gasteiger partial charge in [0.05, 0.1) is 5.56 Å². The Kier molecular flexibility index (Phi) is 3.48. The van der Waals surface area contributed by atoms with Crippen LogP contribution in [0.1, 0.15) is 15.9 Å². The second-order valence-corrected chi connectivity index (χ2v) is 4.71. The maximum absolute atomic E-state index is 12.0. The molecule has 5 heteroatoms. The Morgan fingerprint density at radius 1 is 1.15 bits per heavy atom. The SMILES string of the molecule is O=C(OCc1cccc(Cl)c1)c1ccc2c(c1)OCO2. The van der Waals surface area contributed by atoms with E-state index in [0.29, 0.717) is 22.1 Å². The van der Waals surface area contributed by atoms with E-state index in [-0.39, 0.29) is 13.4 Å². The first kappa shape index (κ1) is 12.8. The number of carbonyl (C=O) groups is 1. The molecule has 1 aliphatic heterocycles. The molecule has 0 saturated carbocycles. The van der Waals surface area contributed by atoms with Crippen LogP contribution in [-0.2, 0) is 11.3 Å². The Bertz CT molecular complexity index is 654. The minimum absolute atomic E-state index is 0.174. The molecule has 1 aliphatic rings. The van der Waals surface area contributed by atoms with Crippen molar-refractivity contribution in [2.75, 3.05) is 6.79 Å². The molecule has 0 bridgehead atoms. The standard InChI is InChI=1S/C15H11ClO4/c16-12-3-1-2-10(6-12)8-18-15(17)11-4-5-13-14(7-11)20-9-19-13/h1-7H,8-9H2. The summed E-state index contributed by atoms with van der Waals surface area (Å²) in [5.74, 6) is 0.780. The Morgan fingerprint density at radius 2 is 2.00 bits per heavy atom. The lowest BCUT2D eigenvalue weighted by Crippen LogP contribution is -2.05. The van der Waals surface area contributed by atoms with E-state index in [9.17, 15) is 4.79 Å². The van der Waals surface area contributed by atoms with Gasteiger partial charge in [-0.3, -0.25) is 0 Å². The van der Waals surface area contributed by atoms with E-state index in [2.05, 4.69) is 0 Å². The molecule has 20 heavy (non-hydrogen) atoms. The van der Waals surface area contributed by atoms with E-state index >= 15 is 0 Å². The smallest absolute Gasteiger partial charge is 0.338 e. The van der Waals surface area contributed by atoms with E-state index in [1.165, 1.54) is 0 Å². The number of rotatable bonds is 3. The van der Waals surface area contributed by atoms with Crippen molar-refractivity contribution in [1.82, 2.24) is 0 Å².